The van der Waals surface area contributed by atoms with Gasteiger partial charge < -0.3 is 20.7 Å². The number of carbonyl (C=O) groups is 2. The summed E-state index contributed by atoms with van der Waals surface area (Å²) in [6, 6.07) is 17.3. The zero-order valence-corrected chi connectivity index (χ0v) is 18.3. The van der Waals surface area contributed by atoms with Gasteiger partial charge in [-0.1, -0.05) is 42.5 Å². The van der Waals surface area contributed by atoms with Gasteiger partial charge in [-0.2, -0.15) is 0 Å². The highest BCUT2D eigenvalue weighted by Gasteiger charge is 2.51. The summed E-state index contributed by atoms with van der Waals surface area (Å²) in [5.74, 6) is 2.27. The smallest absolute Gasteiger partial charge is 0.407 e. The molecule has 2 aromatic rings. The van der Waals surface area contributed by atoms with Crippen LogP contribution in [0.1, 0.15) is 44.1 Å². The molecule has 4 bridgehead atoms. The molecule has 4 saturated carbocycles. The number of para-hydroxylation sites is 2. The molecule has 0 spiro atoms. The van der Waals surface area contributed by atoms with Crippen LogP contribution in [0.15, 0.2) is 54.6 Å². The van der Waals surface area contributed by atoms with Gasteiger partial charge in [0.1, 0.15) is 13.2 Å². The molecule has 6 rings (SSSR count). The second-order valence-electron chi connectivity index (χ2n) is 9.83. The lowest BCUT2D eigenvalue weighted by atomic mass is 9.53. The van der Waals surface area contributed by atoms with Gasteiger partial charge in [0.25, 0.3) is 0 Å². The van der Waals surface area contributed by atoms with Crippen LogP contribution in [0.4, 0.5) is 16.2 Å². The van der Waals surface area contributed by atoms with E-state index >= 15 is 0 Å². The summed E-state index contributed by atoms with van der Waals surface area (Å²) in [5, 5.41) is 9.31. The number of benzene rings is 2. The molecule has 6 heteroatoms. The average Bonchev–Trinajstić information content (AvgIpc) is 2.77. The Morgan fingerprint density at radius 1 is 0.844 bits per heavy atom. The summed E-state index contributed by atoms with van der Waals surface area (Å²) >= 11 is 0. The van der Waals surface area contributed by atoms with E-state index in [9.17, 15) is 9.59 Å². The fourth-order valence-corrected chi connectivity index (χ4v) is 6.37. The molecule has 4 aliphatic rings. The SMILES string of the molecule is O=C(CNC(=O)OCc1ccccc1)Nc1ccccc1NC12CC3CC(CC(C3)C1)C2. The van der Waals surface area contributed by atoms with Gasteiger partial charge in [-0.15, -0.1) is 0 Å². The Kier molecular flexibility index (Phi) is 5.77. The maximum atomic E-state index is 12.5. The lowest BCUT2D eigenvalue weighted by Gasteiger charge is -2.57. The van der Waals surface area contributed by atoms with Crippen LogP contribution in [0.25, 0.3) is 0 Å². The fraction of sp³-hybridized carbons (Fsp3) is 0.462. The first-order chi connectivity index (χ1) is 15.6. The summed E-state index contributed by atoms with van der Waals surface area (Å²) in [6.45, 7) is 0.0332. The van der Waals surface area contributed by atoms with Crippen molar-refractivity contribution >= 4 is 23.4 Å². The van der Waals surface area contributed by atoms with Crippen LogP contribution < -0.4 is 16.0 Å². The monoisotopic (exact) mass is 433 g/mol. The van der Waals surface area contributed by atoms with Gasteiger partial charge in [0.2, 0.25) is 5.91 Å². The van der Waals surface area contributed by atoms with Gasteiger partial charge in [-0.25, -0.2) is 4.79 Å². The van der Waals surface area contributed by atoms with Gasteiger partial charge in [0, 0.05) is 5.54 Å². The number of ether oxygens (including phenoxy) is 1. The van der Waals surface area contributed by atoms with E-state index in [2.05, 4.69) is 16.0 Å². The van der Waals surface area contributed by atoms with Gasteiger partial charge in [-0.05, 0) is 74.0 Å². The second-order valence-corrected chi connectivity index (χ2v) is 9.83. The van der Waals surface area contributed by atoms with Crippen molar-refractivity contribution in [1.82, 2.24) is 5.32 Å². The van der Waals surface area contributed by atoms with Crippen molar-refractivity contribution in [3.8, 4) is 0 Å². The van der Waals surface area contributed by atoms with Crippen molar-refractivity contribution in [2.45, 2.75) is 50.7 Å². The molecule has 2 amide bonds. The van der Waals surface area contributed by atoms with Crippen molar-refractivity contribution in [2.75, 3.05) is 17.2 Å². The van der Waals surface area contributed by atoms with E-state index in [0.29, 0.717) is 0 Å². The third kappa shape index (κ3) is 4.74. The number of anilines is 2. The molecule has 4 fully saturated rings. The molecule has 168 valence electrons. The van der Waals surface area contributed by atoms with Gasteiger partial charge >= 0.3 is 6.09 Å². The molecular formula is C26H31N3O3. The van der Waals surface area contributed by atoms with Crippen LogP contribution >= 0.6 is 0 Å². The molecule has 0 atom stereocenters. The van der Waals surface area contributed by atoms with Crippen molar-refractivity contribution < 1.29 is 14.3 Å². The number of hydrogen-bond acceptors (Lipinski definition) is 4. The van der Waals surface area contributed by atoms with E-state index in [1.54, 1.807) is 0 Å². The van der Waals surface area contributed by atoms with Crippen LogP contribution in [0.2, 0.25) is 0 Å². The van der Waals surface area contributed by atoms with Gasteiger partial charge in [0.05, 0.1) is 11.4 Å². The molecule has 2 aromatic carbocycles. The number of nitrogens with one attached hydrogen (secondary N) is 3. The van der Waals surface area contributed by atoms with Crippen LogP contribution in [0, 0.1) is 17.8 Å². The zero-order valence-electron chi connectivity index (χ0n) is 18.3. The second kappa shape index (κ2) is 8.85. The van der Waals surface area contributed by atoms with Crippen molar-refractivity contribution in [3.63, 3.8) is 0 Å². The molecule has 6 nitrogen and oxygen atoms in total. The van der Waals surface area contributed by atoms with Crippen LogP contribution in [-0.2, 0) is 16.1 Å². The molecule has 4 aliphatic carbocycles. The highest BCUT2D eigenvalue weighted by Crippen LogP contribution is 2.56. The van der Waals surface area contributed by atoms with Crippen molar-refractivity contribution in [3.05, 3.63) is 60.2 Å². The number of rotatable bonds is 7. The van der Waals surface area contributed by atoms with Crippen molar-refractivity contribution in [1.29, 1.82) is 0 Å². The first-order valence-electron chi connectivity index (χ1n) is 11.7. The Balaban J connectivity index is 1.15. The maximum Gasteiger partial charge on any atom is 0.407 e. The summed E-state index contributed by atoms with van der Waals surface area (Å²) in [7, 11) is 0. The quantitative estimate of drug-likeness (QED) is 0.578. The highest BCUT2D eigenvalue weighted by atomic mass is 16.5. The van der Waals surface area contributed by atoms with E-state index < -0.39 is 6.09 Å². The predicted molar refractivity (Wildman–Crippen MR) is 124 cm³/mol. The first-order valence-corrected chi connectivity index (χ1v) is 11.7. The Morgan fingerprint density at radius 3 is 2.09 bits per heavy atom. The Hall–Kier alpha value is -3.02. The molecule has 0 unspecified atom stereocenters. The normalized spacial score (nSPS) is 27.6. The summed E-state index contributed by atoms with van der Waals surface area (Å²) in [6.07, 6.45) is 7.27. The minimum atomic E-state index is -0.607. The molecular weight excluding hydrogens is 402 g/mol. The average molecular weight is 434 g/mol. The minimum absolute atomic E-state index is 0.140. The highest BCUT2D eigenvalue weighted by molar-refractivity contribution is 5.96. The van der Waals surface area contributed by atoms with E-state index in [1.165, 1.54) is 38.5 Å². The third-order valence-electron chi connectivity index (χ3n) is 7.25. The number of alkyl carbamates (subject to hydrolysis) is 1. The Labute approximate surface area is 189 Å². The largest absolute Gasteiger partial charge is 0.445 e. The molecule has 3 N–H and O–H groups in total. The lowest BCUT2D eigenvalue weighted by molar-refractivity contribution is -0.115. The summed E-state index contributed by atoms with van der Waals surface area (Å²) in [4.78, 5) is 24.4. The van der Waals surface area contributed by atoms with Crippen molar-refractivity contribution in [2.24, 2.45) is 17.8 Å². The molecule has 0 aliphatic heterocycles. The predicted octanol–water partition coefficient (Wildman–Crippen LogP) is 4.93. The van der Waals surface area contributed by atoms with E-state index in [4.69, 9.17) is 4.74 Å². The lowest BCUT2D eigenvalue weighted by Crippen LogP contribution is -2.54. The molecule has 0 saturated heterocycles. The molecule has 32 heavy (non-hydrogen) atoms. The summed E-state index contributed by atoms with van der Waals surface area (Å²) < 4.78 is 5.17. The third-order valence-corrected chi connectivity index (χ3v) is 7.25. The first kappa shape index (κ1) is 20.9. The zero-order chi connectivity index (χ0) is 22.0. The van der Waals surface area contributed by atoms with Gasteiger partial charge in [0.15, 0.2) is 0 Å². The fourth-order valence-electron chi connectivity index (χ4n) is 6.37. The van der Waals surface area contributed by atoms with Crippen LogP contribution in [-0.4, -0.2) is 24.1 Å². The minimum Gasteiger partial charge on any atom is -0.445 e. The summed E-state index contributed by atoms with van der Waals surface area (Å²) in [5.41, 5.74) is 2.79. The number of hydrogen-bond donors (Lipinski definition) is 3. The van der Waals surface area contributed by atoms with E-state index in [1.807, 2.05) is 54.6 Å². The molecule has 0 aromatic heterocycles. The number of carbonyl (C=O) groups excluding carboxylic acids is 2. The van der Waals surface area contributed by atoms with E-state index in [0.717, 1.165) is 34.7 Å². The van der Waals surface area contributed by atoms with Crippen LogP contribution in [0.3, 0.4) is 0 Å². The Morgan fingerprint density at radius 2 is 1.44 bits per heavy atom. The molecule has 0 radical (unpaired) electrons. The van der Waals surface area contributed by atoms with E-state index in [-0.39, 0.29) is 24.6 Å². The standard InChI is InChI=1S/C26H31N3O3/c30-24(16-27-25(31)32-17-18-6-2-1-3-7-18)28-22-8-4-5-9-23(22)29-26-13-19-10-20(14-26)12-21(11-19)15-26/h1-9,19-21,29H,10-17H2,(H,27,31)(H,28,30). The maximum absolute atomic E-state index is 12.5. The number of amides is 2. The van der Waals surface area contributed by atoms with Crippen LogP contribution in [0.5, 0.6) is 0 Å². The van der Waals surface area contributed by atoms with Gasteiger partial charge in [-0.3, -0.25) is 4.79 Å². The Bertz CT molecular complexity index is 940. The molecule has 0 heterocycles. The topological polar surface area (TPSA) is 79.5 Å².